The molecule has 2 N–H and O–H groups in total. The van der Waals surface area contributed by atoms with Crippen molar-refractivity contribution in [1.82, 2.24) is 0 Å². The molecular weight excluding hydrogens is 310 g/mol. The molecule has 140 valence electrons. The summed E-state index contributed by atoms with van der Waals surface area (Å²) in [6, 6.07) is 0. The number of Topliss-reactive ketones (excluding diaryl/α,β-unsaturated/α-hetero) is 1. The van der Waals surface area contributed by atoms with Crippen LogP contribution in [0.1, 0.15) is 32.6 Å². The Morgan fingerprint density at radius 1 is 0.958 bits per heavy atom. The predicted molar refractivity (Wildman–Crippen MR) is 93.1 cm³/mol. The molecule has 24 heavy (non-hydrogen) atoms. The number of hydrogen-bond acceptors (Lipinski definition) is 6. The summed E-state index contributed by atoms with van der Waals surface area (Å²) >= 11 is 0. The van der Waals surface area contributed by atoms with Gasteiger partial charge in [-0.15, -0.1) is 0 Å². The highest BCUT2D eigenvalue weighted by molar-refractivity contribution is 5.83. The number of carbonyl (C=O) groups excluding carboxylic acids is 1. The van der Waals surface area contributed by atoms with Crippen molar-refractivity contribution in [1.29, 1.82) is 0 Å². The fraction of sp³-hybridized carbons (Fsp3) is 0.833. The standard InChI is InChI=1S/C18H33NO5/c1-16-15-17(4-5-18(16)20)3-2-7-21-9-11-23-13-14-24-12-10-22-8-6-19/h4,16H,2-3,5-15,19H2,1H3. The Hall–Kier alpha value is -0.790. The van der Waals surface area contributed by atoms with Crippen LogP contribution in [0.25, 0.3) is 0 Å². The largest absolute Gasteiger partial charge is 0.379 e. The van der Waals surface area contributed by atoms with E-state index in [9.17, 15) is 4.79 Å². The number of ether oxygens (including phenoxy) is 4. The highest BCUT2D eigenvalue weighted by Crippen LogP contribution is 2.23. The van der Waals surface area contributed by atoms with E-state index in [0.29, 0.717) is 65.0 Å². The summed E-state index contributed by atoms with van der Waals surface area (Å²) in [4.78, 5) is 11.4. The predicted octanol–water partition coefficient (Wildman–Crippen LogP) is 1.72. The topological polar surface area (TPSA) is 80.0 Å². The summed E-state index contributed by atoms with van der Waals surface area (Å²) in [6.45, 7) is 7.33. The van der Waals surface area contributed by atoms with Gasteiger partial charge in [-0.05, 0) is 19.3 Å². The fourth-order valence-electron chi connectivity index (χ4n) is 2.49. The van der Waals surface area contributed by atoms with Gasteiger partial charge in [0.15, 0.2) is 0 Å². The summed E-state index contributed by atoms with van der Waals surface area (Å²) in [5.74, 6) is 0.549. The molecule has 0 radical (unpaired) electrons. The first-order chi connectivity index (χ1) is 11.7. The molecule has 1 unspecified atom stereocenters. The molecule has 6 heteroatoms. The minimum absolute atomic E-state index is 0.189. The van der Waals surface area contributed by atoms with Crippen molar-refractivity contribution in [3.63, 3.8) is 0 Å². The van der Waals surface area contributed by atoms with Crippen molar-refractivity contribution in [3.05, 3.63) is 11.6 Å². The Balaban J connectivity index is 1.79. The fourth-order valence-corrected chi connectivity index (χ4v) is 2.49. The van der Waals surface area contributed by atoms with Gasteiger partial charge >= 0.3 is 0 Å². The molecule has 0 aliphatic heterocycles. The van der Waals surface area contributed by atoms with Crippen molar-refractivity contribution in [3.8, 4) is 0 Å². The highest BCUT2D eigenvalue weighted by atomic mass is 16.6. The van der Waals surface area contributed by atoms with Crippen LogP contribution in [0.3, 0.4) is 0 Å². The quantitative estimate of drug-likeness (QED) is 0.360. The van der Waals surface area contributed by atoms with Crippen LogP contribution in [-0.2, 0) is 23.7 Å². The molecule has 1 aliphatic carbocycles. The first-order valence-corrected chi connectivity index (χ1v) is 8.95. The third-order valence-electron chi connectivity index (χ3n) is 3.87. The Bertz CT molecular complexity index is 359. The van der Waals surface area contributed by atoms with Gasteiger partial charge in [0, 0.05) is 25.5 Å². The number of rotatable bonds is 15. The van der Waals surface area contributed by atoms with Crippen molar-refractivity contribution in [2.45, 2.75) is 32.6 Å². The maximum absolute atomic E-state index is 11.4. The third kappa shape index (κ3) is 10.9. The molecule has 1 rings (SSSR count). The maximum atomic E-state index is 11.4. The number of carbonyl (C=O) groups is 1. The van der Waals surface area contributed by atoms with Gasteiger partial charge in [-0.25, -0.2) is 0 Å². The van der Waals surface area contributed by atoms with E-state index in [2.05, 4.69) is 6.08 Å². The monoisotopic (exact) mass is 343 g/mol. The van der Waals surface area contributed by atoms with Crippen LogP contribution in [0.5, 0.6) is 0 Å². The Labute approximate surface area is 145 Å². The van der Waals surface area contributed by atoms with Gasteiger partial charge in [0.05, 0.1) is 46.2 Å². The van der Waals surface area contributed by atoms with E-state index in [0.717, 1.165) is 25.9 Å². The molecule has 1 atom stereocenters. The Morgan fingerprint density at radius 3 is 2.04 bits per heavy atom. The summed E-state index contributed by atoms with van der Waals surface area (Å²) in [5.41, 5.74) is 6.70. The van der Waals surface area contributed by atoms with E-state index < -0.39 is 0 Å². The van der Waals surface area contributed by atoms with Gasteiger partial charge in [-0.1, -0.05) is 18.6 Å². The van der Waals surface area contributed by atoms with Crippen LogP contribution in [0.2, 0.25) is 0 Å². The van der Waals surface area contributed by atoms with Gasteiger partial charge in [-0.3, -0.25) is 4.79 Å². The van der Waals surface area contributed by atoms with Crippen molar-refractivity contribution in [2.75, 3.05) is 59.4 Å². The van der Waals surface area contributed by atoms with Gasteiger partial charge < -0.3 is 24.7 Å². The molecule has 0 fully saturated rings. The van der Waals surface area contributed by atoms with Crippen LogP contribution in [0.15, 0.2) is 11.6 Å². The van der Waals surface area contributed by atoms with Crippen molar-refractivity contribution >= 4 is 5.78 Å². The van der Waals surface area contributed by atoms with Gasteiger partial charge in [0.25, 0.3) is 0 Å². The van der Waals surface area contributed by atoms with E-state index in [-0.39, 0.29) is 5.92 Å². The van der Waals surface area contributed by atoms with Crippen LogP contribution in [-0.4, -0.2) is 65.2 Å². The zero-order valence-corrected chi connectivity index (χ0v) is 15.0. The molecule has 0 saturated heterocycles. The lowest BCUT2D eigenvalue weighted by Crippen LogP contribution is -2.15. The van der Waals surface area contributed by atoms with Crippen LogP contribution >= 0.6 is 0 Å². The lowest BCUT2D eigenvalue weighted by Gasteiger charge is -2.18. The second-order valence-electron chi connectivity index (χ2n) is 5.98. The van der Waals surface area contributed by atoms with E-state index in [1.54, 1.807) is 0 Å². The molecular formula is C18H33NO5. The van der Waals surface area contributed by atoms with Crippen LogP contribution in [0, 0.1) is 5.92 Å². The summed E-state index contributed by atoms with van der Waals surface area (Å²) in [5, 5.41) is 0. The first-order valence-electron chi connectivity index (χ1n) is 8.95. The van der Waals surface area contributed by atoms with Crippen molar-refractivity contribution < 1.29 is 23.7 Å². The molecule has 0 heterocycles. The van der Waals surface area contributed by atoms with E-state index in [1.165, 1.54) is 5.57 Å². The first kappa shape index (κ1) is 21.3. The Kier molecular flexibility index (Phi) is 12.9. The number of hydrogen-bond donors (Lipinski definition) is 1. The molecule has 6 nitrogen and oxygen atoms in total. The lowest BCUT2D eigenvalue weighted by atomic mass is 9.87. The molecule has 0 bridgehead atoms. The van der Waals surface area contributed by atoms with E-state index >= 15 is 0 Å². The summed E-state index contributed by atoms with van der Waals surface area (Å²) in [6.07, 6.45) is 5.63. The lowest BCUT2D eigenvalue weighted by molar-refractivity contribution is -0.121. The molecule has 0 spiro atoms. The zero-order chi connectivity index (χ0) is 17.5. The minimum atomic E-state index is 0.189. The number of allylic oxidation sites excluding steroid dienone is 2. The van der Waals surface area contributed by atoms with E-state index in [1.807, 2.05) is 6.92 Å². The average molecular weight is 343 g/mol. The number of ketones is 1. The minimum Gasteiger partial charge on any atom is -0.379 e. The number of nitrogens with two attached hydrogens (primary N) is 1. The Morgan fingerprint density at radius 2 is 1.50 bits per heavy atom. The summed E-state index contributed by atoms with van der Waals surface area (Å²) in [7, 11) is 0. The zero-order valence-electron chi connectivity index (χ0n) is 15.0. The van der Waals surface area contributed by atoms with Crippen LogP contribution in [0.4, 0.5) is 0 Å². The highest BCUT2D eigenvalue weighted by Gasteiger charge is 2.18. The smallest absolute Gasteiger partial charge is 0.139 e. The molecule has 0 aromatic carbocycles. The average Bonchev–Trinajstić information content (AvgIpc) is 2.58. The molecule has 1 aliphatic rings. The molecule has 0 aromatic heterocycles. The van der Waals surface area contributed by atoms with Crippen LogP contribution < -0.4 is 5.73 Å². The van der Waals surface area contributed by atoms with Gasteiger partial charge in [-0.2, -0.15) is 0 Å². The second kappa shape index (κ2) is 14.5. The SMILES string of the molecule is CC1CC(CCCOCCOCCOCCOCCN)=CCC1=O. The molecule has 0 aromatic rings. The second-order valence-corrected chi connectivity index (χ2v) is 5.98. The maximum Gasteiger partial charge on any atom is 0.139 e. The van der Waals surface area contributed by atoms with Gasteiger partial charge in [0.2, 0.25) is 0 Å². The molecule has 0 saturated carbocycles. The van der Waals surface area contributed by atoms with E-state index in [4.69, 9.17) is 24.7 Å². The summed E-state index contributed by atoms with van der Waals surface area (Å²) < 4.78 is 21.5. The third-order valence-corrected chi connectivity index (χ3v) is 3.87. The van der Waals surface area contributed by atoms with Gasteiger partial charge in [0.1, 0.15) is 5.78 Å². The normalized spacial score (nSPS) is 18.0. The molecule has 0 amide bonds. The van der Waals surface area contributed by atoms with Crippen molar-refractivity contribution in [2.24, 2.45) is 11.7 Å².